The van der Waals surface area contributed by atoms with Gasteiger partial charge in [-0.3, -0.25) is 0 Å². The van der Waals surface area contributed by atoms with Crippen LogP contribution >= 0.6 is 0 Å². The Morgan fingerprint density at radius 2 is 1.43 bits per heavy atom. The molecule has 0 N–H and O–H groups in total. The van der Waals surface area contributed by atoms with Crippen LogP contribution in [0.5, 0.6) is 0 Å². The van der Waals surface area contributed by atoms with E-state index in [9.17, 15) is 0 Å². The molecule has 0 spiro atoms. The summed E-state index contributed by atoms with van der Waals surface area (Å²) in [5, 5.41) is 0. The van der Waals surface area contributed by atoms with Gasteiger partial charge in [-0.1, -0.05) is 29.6 Å². The normalized spacial score (nSPS) is 6.86. The number of rotatable bonds is 0. The summed E-state index contributed by atoms with van der Waals surface area (Å²) in [4.78, 5) is 0. The van der Waals surface area contributed by atoms with Gasteiger partial charge in [0.1, 0.15) is 0 Å². The van der Waals surface area contributed by atoms with Gasteiger partial charge < -0.3 is 0 Å². The van der Waals surface area contributed by atoms with Crippen molar-refractivity contribution in [2.75, 3.05) is 0 Å². The van der Waals surface area contributed by atoms with Gasteiger partial charge >= 0.3 is 0 Å². The van der Waals surface area contributed by atoms with E-state index in [0.29, 0.717) is 9.12 Å². The van der Waals surface area contributed by atoms with Crippen LogP contribution in [0.2, 0.25) is 0 Å². The molecular weight excluding hydrogens is 95.1 g/mol. The SMILES string of the molecule is [Li].c1cc[siH]cc1. The van der Waals surface area contributed by atoms with Crippen molar-refractivity contribution in [1.29, 1.82) is 0 Å². The van der Waals surface area contributed by atoms with Gasteiger partial charge in [-0.15, -0.1) is 0 Å². The molecule has 1 aromatic rings. The second kappa shape index (κ2) is 4.33. The fraction of sp³-hybridized carbons (Fsp3) is 0. The molecule has 0 amide bonds. The third kappa shape index (κ3) is 2.81. The summed E-state index contributed by atoms with van der Waals surface area (Å²) < 4.78 is 0. The van der Waals surface area contributed by atoms with E-state index in [4.69, 9.17) is 0 Å². The Kier molecular flexibility index (Phi) is 4.43. The molecule has 31 valence electrons. The molecule has 7 heavy (non-hydrogen) atoms. The predicted octanol–water partition coefficient (Wildman–Crippen LogP) is 0.376. The summed E-state index contributed by atoms with van der Waals surface area (Å²) >= 11 is 0. The van der Waals surface area contributed by atoms with Gasteiger partial charge in [0, 0.05) is 28.0 Å². The monoisotopic (exact) mass is 101 g/mol. The number of hydrogen-bond acceptors (Lipinski definition) is 0. The van der Waals surface area contributed by atoms with Gasteiger partial charge in [-0.2, -0.15) is 0 Å². The Hall–Kier alpha value is 0.164. The van der Waals surface area contributed by atoms with Crippen LogP contribution in [0.25, 0.3) is 0 Å². The van der Waals surface area contributed by atoms with Crippen LogP contribution in [-0.2, 0) is 0 Å². The molecule has 0 fully saturated rings. The molecule has 1 aromatic heterocycles. The molecule has 0 aliphatic heterocycles. The van der Waals surface area contributed by atoms with Crippen molar-refractivity contribution in [1.82, 2.24) is 0 Å². The van der Waals surface area contributed by atoms with E-state index in [1.54, 1.807) is 0 Å². The number of hydrogen-bond donors (Lipinski definition) is 0. The smallest absolute Gasteiger partial charge is 0.0198 e. The predicted molar refractivity (Wildman–Crippen MR) is 34.9 cm³/mol. The van der Waals surface area contributed by atoms with Crippen LogP contribution in [0.15, 0.2) is 29.6 Å². The van der Waals surface area contributed by atoms with Crippen LogP contribution in [0, 0.1) is 0 Å². The molecule has 0 atom stereocenters. The van der Waals surface area contributed by atoms with E-state index in [0.717, 1.165) is 0 Å². The van der Waals surface area contributed by atoms with Crippen molar-refractivity contribution < 1.29 is 0 Å². The van der Waals surface area contributed by atoms with Gasteiger partial charge in [-0.05, 0) is 0 Å². The summed E-state index contributed by atoms with van der Waals surface area (Å²) in [6.07, 6.45) is 0. The molecule has 0 aromatic carbocycles. The Labute approximate surface area is 57.9 Å². The standard InChI is InChI=1S/C5H6Si.Li/c1-2-4-6-5-3-1;/h1-6H;. The largest absolute Gasteiger partial charge is 0.0805 e. The second-order valence-electron chi connectivity index (χ2n) is 1.15. The average molecular weight is 101 g/mol. The quantitative estimate of drug-likeness (QED) is 0.414. The molecular formula is C5H6LiSi. The first-order valence-corrected chi connectivity index (χ1v) is 3.33. The van der Waals surface area contributed by atoms with E-state index in [2.05, 4.69) is 29.6 Å². The summed E-state index contributed by atoms with van der Waals surface area (Å²) in [5.74, 6) is 0. The Morgan fingerprint density at radius 1 is 0.857 bits per heavy atom. The third-order valence-electron chi connectivity index (χ3n) is 0.667. The van der Waals surface area contributed by atoms with E-state index in [1.165, 1.54) is 0 Å². The first-order chi connectivity index (χ1) is 3.00. The topological polar surface area (TPSA) is 0 Å². The van der Waals surface area contributed by atoms with Crippen molar-refractivity contribution in [2.45, 2.75) is 0 Å². The molecule has 0 nitrogen and oxygen atoms in total. The zero-order chi connectivity index (χ0) is 4.24. The molecule has 2 heteroatoms. The summed E-state index contributed by atoms with van der Waals surface area (Å²) in [5.41, 5.74) is 4.42. The summed E-state index contributed by atoms with van der Waals surface area (Å²) in [6, 6.07) is 6.24. The maximum absolute atomic E-state index is 2.21. The molecule has 0 saturated heterocycles. The molecule has 1 radical (unpaired) electrons. The maximum Gasteiger partial charge on any atom is 0.0198 e. The zero-order valence-electron chi connectivity index (χ0n) is 4.46. The van der Waals surface area contributed by atoms with Crippen molar-refractivity contribution >= 4 is 28.0 Å². The van der Waals surface area contributed by atoms with Crippen LogP contribution in [-0.4, -0.2) is 28.0 Å². The van der Waals surface area contributed by atoms with Gasteiger partial charge in [0.05, 0.1) is 0 Å². The molecule has 0 unspecified atom stereocenters. The maximum atomic E-state index is 2.21. The minimum absolute atomic E-state index is 0. The Morgan fingerprint density at radius 3 is 1.57 bits per heavy atom. The van der Waals surface area contributed by atoms with E-state index < -0.39 is 0 Å². The average Bonchev–Trinajstić information content (AvgIpc) is 1.72. The van der Waals surface area contributed by atoms with Crippen LogP contribution in [0.1, 0.15) is 0 Å². The zero-order valence-corrected chi connectivity index (χ0v) is 5.62. The van der Waals surface area contributed by atoms with Gasteiger partial charge in [-0.25, -0.2) is 0 Å². The van der Waals surface area contributed by atoms with Crippen LogP contribution < -0.4 is 0 Å². The minimum atomic E-state index is 0. The molecule has 0 aliphatic rings. The third-order valence-corrected chi connectivity index (χ3v) is 1.56. The second-order valence-corrected chi connectivity index (χ2v) is 2.31. The van der Waals surface area contributed by atoms with E-state index >= 15 is 0 Å². The molecule has 0 saturated carbocycles. The fourth-order valence-corrected chi connectivity index (χ4v) is 1.03. The summed E-state index contributed by atoms with van der Waals surface area (Å²) in [7, 11) is 0.513. The Balaban J connectivity index is 0.000000360. The van der Waals surface area contributed by atoms with E-state index in [-0.39, 0.29) is 18.9 Å². The molecule has 0 bridgehead atoms. The van der Waals surface area contributed by atoms with Crippen LogP contribution in [0.3, 0.4) is 0 Å². The van der Waals surface area contributed by atoms with Gasteiger partial charge in [0.25, 0.3) is 0 Å². The van der Waals surface area contributed by atoms with Crippen molar-refractivity contribution in [3.05, 3.63) is 29.6 Å². The minimum Gasteiger partial charge on any atom is -0.0805 e. The van der Waals surface area contributed by atoms with Crippen molar-refractivity contribution in [2.24, 2.45) is 0 Å². The van der Waals surface area contributed by atoms with Gasteiger partial charge in [0.15, 0.2) is 0 Å². The molecule has 1 heterocycles. The first kappa shape index (κ1) is 7.16. The van der Waals surface area contributed by atoms with Crippen molar-refractivity contribution in [3.8, 4) is 0 Å². The Bertz CT molecular complexity index is 80.0. The summed E-state index contributed by atoms with van der Waals surface area (Å²) in [6.45, 7) is 0. The first-order valence-electron chi connectivity index (χ1n) is 2.00. The molecule has 1 rings (SSSR count). The van der Waals surface area contributed by atoms with Crippen LogP contribution in [0.4, 0.5) is 0 Å². The van der Waals surface area contributed by atoms with Gasteiger partial charge in [0.2, 0.25) is 0 Å². The molecule has 0 aliphatic carbocycles. The van der Waals surface area contributed by atoms with E-state index in [1.807, 2.05) is 0 Å². The van der Waals surface area contributed by atoms with Crippen molar-refractivity contribution in [3.63, 3.8) is 0 Å². The fourth-order valence-electron chi connectivity index (χ4n) is 0.385.